The summed E-state index contributed by atoms with van der Waals surface area (Å²) in [5.74, 6) is 0.838. The zero-order chi connectivity index (χ0) is 26.3. The van der Waals surface area contributed by atoms with E-state index in [0.717, 1.165) is 28.9 Å². The van der Waals surface area contributed by atoms with Crippen LogP contribution < -0.4 is 19.7 Å². The maximum Gasteiger partial charge on any atom is 0.416 e. The third-order valence-electron chi connectivity index (χ3n) is 5.84. The Kier molecular flexibility index (Phi) is 9.09. The average molecular weight is 521 g/mol. The number of benzene rings is 3. The van der Waals surface area contributed by atoms with Crippen molar-refractivity contribution in [1.82, 2.24) is 5.32 Å². The molecule has 1 atom stereocenters. The van der Waals surface area contributed by atoms with Crippen LogP contribution in [0.3, 0.4) is 0 Å². The molecule has 1 amide bonds. The average Bonchev–Trinajstić information content (AvgIpc) is 2.88. The van der Waals surface area contributed by atoms with Gasteiger partial charge in [0.15, 0.2) is 11.5 Å². The van der Waals surface area contributed by atoms with E-state index < -0.39 is 17.8 Å². The molecule has 3 aromatic rings. The zero-order valence-corrected chi connectivity index (χ0v) is 21.0. The molecule has 0 unspecified atom stereocenters. The summed E-state index contributed by atoms with van der Waals surface area (Å²) in [6, 6.07) is 16.9. The second-order valence-electron chi connectivity index (χ2n) is 8.10. The van der Waals surface area contributed by atoms with Crippen LogP contribution in [0, 0.1) is 0 Å². The molecule has 0 aromatic heterocycles. The van der Waals surface area contributed by atoms with Crippen LogP contribution >= 0.6 is 11.6 Å². The van der Waals surface area contributed by atoms with Crippen LogP contribution in [0.15, 0.2) is 66.7 Å². The maximum atomic E-state index is 13.1. The molecular formula is C27H28ClF3N2O3. The van der Waals surface area contributed by atoms with Gasteiger partial charge in [0.25, 0.3) is 0 Å². The number of aryl methyl sites for hydroxylation is 1. The fourth-order valence-corrected chi connectivity index (χ4v) is 4.11. The predicted molar refractivity (Wildman–Crippen MR) is 135 cm³/mol. The summed E-state index contributed by atoms with van der Waals surface area (Å²) in [6.07, 6.45) is -3.26. The quantitative estimate of drug-likeness (QED) is 0.341. The van der Waals surface area contributed by atoms with Crippen LogP contribution in [-0.2, 0) is 17.4 Å². The molecule has 0 radical (unpaired) electrons. The highest BCUT2D eigenvalue weighted by Gasteiger charge is 2.30. The van der Waals surface area contributed by atoms with E-state index in [9.17, 15) is 18.0 Å². The Balaban J connectivity index is 1.93. The Morgan fingerprint density at radius 1 is 0.972 bits per heavy atom. The van der Waals surface area contributed by atoms with Crippen LogP contribution in [0.5, 0.6) is 11.5 Å². The number of alkyl halides is 3. The molecule has 36 heavy (non-hydrogen) atoms. The number of anilines is 1. The lowest BCUT2D eigenvalue weighted by Crippen LogP contribution is -2.40. The lowest BCUT2D eigenvalue weighted by molar-refractivity contribution is -0.137. The van der Waals surface area contributed by atoms with E-state index in [2.05, 4.69) is 5.32 Å². The first kappa shape index (κ1) is 27.2. The number of carbonyl (C=O) groups excluding carboxylic acids is 1. The Morgan fingerprint density at radius 2 is 1.61 bits per heavy atom. The molecule has 0 bridgehead atoms. The van der Waals surface area contributed by atoms with Crippen molar-refractivity contribution < 1.29 is 27.4 Å². The molecule has 0 aliphatic rings. The Bertz CT molecular complexity index is 1150. The first-order valence-corrected chi connectivity index (χ1v) is 11.7. The molecule has 1 N–H and O–H groups in total. The molecule has 0 heterocycles. The van der Waals surface area contributed by atoms with Crippen LogP contribution in [0.25, 0.3) is 0 Å². The van der Waals surface area contributed by atoms with Crippen molar-refractivity contribution >= 4 is 23.2 Å². The van der Waals surface area contributed by atoms with Crippen molar-refractivity contribution in [3.63, 3.8) is 0 Å². The van der Waals surface area contributed by atoms with Gasteiger partial charge in [0.05, 0.1) is 19.8 Å². The lowest BCUT2D eigenvalue weighted by atomic mass is 10.0. The third kappa shape index (κ3) is 6.63. The van der Waals surface area contributed by atoms with E-state index in [4.69, 9.17) is 21.1 Å². The smallest absolute Gasteiger partial charge is 0.416 e. The molecular weight excluding hydrogens is 493 g/mol. The van der Waals surface area contributed by atoms with Crippen molar-refractivity contribution in [2.75, 3.05) is 32.7 Å². The molecule has 0 saturated heterocycles. The number of nitrogens with one attached hydrogen (secondary N) is 1. The van der Waals surface area contributed by atoms with E-state index in [1.165, 1.54) is 19.2 Å². The minimum absolute atomic E-state index is 0.221. The molecule has 3 rings (SSSR count). The summed E-state index contributed by atoms with van der Waals surface area (Å²) >= 11 is 6.08. The Morgan fingerprint density at radius 3 is 2.17 bits per heavy atom. The van der Waals surface area contributed by atoms with Gasteiger partial charge in [0.1, 0.15) is 6.04 Å². The van der Waals surface area contributed by atoms with Crippen molar-refractivity contribution in [3.8, 4) is 11.5 Å². The molecule has 0 aliphatic carbocycles. The summed E-state index contributed by atoms with van der Waals surface area (Å²) in [5.41, 5.74) is 1.56. The van der Waals surface area contributed by atoms with Crippen LogP contribution in [0.2, 0.25) is 5.02 Å². The van der Waals surface area contributed by atoms with Crippen molar-refractivity contribution in [2.45, 2.75) is 25.1 Å². The monoisotopic (exact) mass is 520 g/mol. The number of ether oxygens (including phenoxy) is 2. The normalized spacial score (nSPS) is 12.1. The molecule has 5 nitrogen and oxygen atoms in total. The van der Waals surface area contributed by atoms with Gasteiger partial charge in [-0.2, -0.15) is 13.2 Å². The van der Waals surface area contributed by atoms with E-state index in [1.807, 2.05) is 11.0 Å². The first-order chi connectivity index (χ1) is 17.2. The van der Waals surface area contributed by atoms with Gasteiger partial charge >= 0.3 is 6.18 Å². The van der Waals surface area contributed by atoms with Gasteiger partial charge in [0.2, 0.25) is 5.91 Å². The number of amides is 1. The lowest BCUT2D eigenvalue weighted by Gasteiger charge is -2.33. The number of rotatable bonds is 10. The fraction of sp³-hybridized carbons (Fsp3) is 0.296. The van der Waals surface area contributed by atoms with Crippen LogP contribution in [0.1, 0.15) is 29.2 Å². The summed E-state index contributed by atoms with van der Waals surface area (Å²) < 4.78 is 49.5. The SMILES string of the molecule is CNC(=O)[C@H](c1ccc(Cl)cc1)N(CCCc1ccc(C(F)(F)F)cc1)c1ccc(OC)c(OC)c1. The largest absolute Gasteiger partial charge is 0.493 e. The summed E-state index contributed by atoms with van der Waals surface area (Å²) in [4.78, 5) is 15.0. The molecule has 0 fully saturated rings. The van der Waals surface area contributed by atoms with Gasteiger partial charge in [-0.25, -0.2) is 0 Å². The van der Waals surface area contributed by atoms with Crippen molar-refractivity contribution in [1.29, 1.82) is 0 Å². The second kappa shape index (κ2) is 12.0. The number of hydrogen-bond donors (Lipinski definition) is 1. The van der Waals surface area contributed by atoms with E-state index >= 15 is 0 Å². The molecule has 0 saturated carbocycles. The van der Waals surface area contributed by atoms with Crippen molar-refractivity contribution in [2.24, 2.45) is 0 Å². The van der Waals surface area contributed by atoms with Gasteiger partial charge in [-0.3, -0.25) is 4.79 Å². The number of likely N-dealkylation sites (N-methyl/N-ethyl adjacent to an activating group) is 1. The molecule has 3 aromatic carbocycles. The van der Waals surface area contributed by atoms with E-state index in [-0.39, 0.29) is 5.91 Å². The summed E-state index contributed by atoms with van der Waals surface area (Å²) in [7, 11) is 4.65. The summed E-state index contributed by atoms with van der Waals surface area (Å²) in [6.45, 7) is 0.442. The number of carbonyl (C=O) groups is 1. The van der Waals surface area contributed by atoms with E-state index in [0.29, 0.717) is 35.9 Å². The molecule has 0 spiro atoms. The van der Waals surface area contributed by atoms with Gasteiger partial charge in [-0.1, -0.05) is 35.9 Å². The minimum atomic E-state index is -4.37. The Labute approximate surface area is 213 Å². The zero-order valence-electron chi connectivity index (χ0n) is 20.2. The minimum Gasteiger partial charge on any atom is -0.493 e. The van der Waals surface area contributed by atoms with Gasteiger partial charge in [0, 0.05) is 30.4 Å². The highest BCUT2D eigenvalue weighted by atomic mass is 35.5. The highest BCUT2D eigenvalue weighted by Crippen LogP contribution is 2.36. The summed E-state index contributed by atoms with van der Waals surface area (Å²) in [5, 5.41) is 3.28. The highest BCUT2D eigenvalue weighted by molar-refractivity contribution is 6.30. The number of hydrogen-bond acceptors (Lipinski definition) is 4. The molecule has 9 heteroatoms. The maximum absolute atomic E-state index is 13.1. The topological polar surface area (TPSA) is 50.8 Å². The van der Waals surface area contributed by atoms with Gasteiger partial charge in [-0.05, 0) is 60.4 Å². The van der Waals surface area contributed by atoms with Crippen LogP contribution in [0.4, 0.5) is 18.9 Å². The standard InChI is InChI=1S/C27H28ClF3N2O3/c1-32-26(34)25(19-8-12-21(28)13-9-19)33(22-14-15-23(35-2)24(17-22)36-3)16-4-5-18-6-10-20(11-7-18)27(29,30)31/h6-15,17,25H,4-5,16H2,1-3H3,(H,32,34)/t25-/m0/s1. The van der Waals surface area contributed by atoms with Gasteiger partial charge < -0.3 is 19.7 Å². The molecule has 0 aliphatic heterocycles. The van der Waals surface area contributed by atoms with Crippen LogP contribution in [-0.4, -0.2) is 33.7 Å². The van der Waals surface area contributed by atoms with Gasteiger partial charge in [-0.15, -0.1) is 0 Å². The van der Waals surface area contributed by atoms with Crippen molar-refractivity contribution in [3.05, 3.63) is 88.4 Å². The second-order valence-corrected chi connectivity index (χ2v) is 8.54. The molecule has 192 valence electrons. The first-order valence-electron chi connectivity index (χ1n) is 11.3. The number of methoxy groups -OCH3 is 2. The third-order valence-corrected chi connectivity index (χ3v) is 6.09. The predicted octanol–water partition coefficient (Wildman–Crippen LogP) is 6.30. The number of halogens is 4. The number of nitrogens with zero attached hydrogens (tertiary/aromatic N) is 1. The van der Waals surface area contributed by atoms with E-state index in [1.54, 1.807) is 50.6 Å². The Hall–Kier alpha value is -3.39. The fourth-order valence-electron chi connectivity index (χ4n) is 3.98.